The lowest BCUT2D eigenvalue weighted by molar-refractivity contribution is -0.314. The number of fused-ring (bicyclic) bond motifs is 2. The molecule has 12 heteroatoms. The van der Waals surface area contributed by atoms with Crippen molar-refractivity contribution in [1.82, 2.24) is 0 Å². The second kappa shape index (κ2) is 7.67. The molecule has 2 fully saturated rings. The predicted molar refractivity (Wildman–Crippen MR) is 82.0 cm³/mol. The molecule has 2 bridgehead atoms. The number of rotatable bonds is 5. The zero-order chi connectivity index (χ0) is 22.4. The van der Waals surface area contributed by atoms with Crippen molar-refractivity contribution in [2.75, 3.05) is 0 Å². The summed E-state index contributed by atoms with van der Waals surface area (Å²) in [6.45, 7) is 4.87. The first kappa shape index (κ1) is 23.3. The van der Waals surface area contributed by atoms with E-state index in [-0.39, 0.29) is 12.8 Å². The summed E-state index contributed by atoms with van der Waals surface area (Å²) in [5, 5.41) is 0. The molecule has 0 spiro atoms. The SMILES string of the molecule is CCC(C)(C)C(=O)OC1C2CC(=O)OC1C(C(=O)OC(C(F)(F)F)C(F)(F)F)C2. The van der Waals surface area contributed by atoms with Crippen molar-refractivity contribution in [3.05, 3.63) is 0 Å². The molecule has 1 saturated carbocycles. The van der Waals surface area contributed by atoms with E-state index in [9.17, 15) is 40.7 Å². The van der Waals surface area contributed by atoms with E-state index < -0.39 is 65.8 Å². The number of halogens is 6. The molecule has 6 nitrogen and oxygen atoms in total. The lowest BCUT2D eigenvalue weighted by atomic mass is 9.90. The fraction of sp³-hybridized carbons (Fsp3) is 0.824. The Balaban J connectivity index is 2.21. The lowest BCUT2D eigenvalue weighted by Crippen LogP contribution is -2.48. The Hall–Kier alpha value is -2.01. The van der Waals surface area contributed by atoms with Crippen LogP contribution >= 0.6 is 0 Å². The van der Waals surface area contributed by atoms with E-state index in [1.54, 1.807) is 20.8 Å². The molecule has 4 atom stereocenters. The van der Waals surface area contributed by atoms with Crippen molar-refractivity contribution < 1.29 is 54.9 Å². The Labute approximate surface area is 161 Å². The first-order valence-electron chi connectivity index (χ1n) is 8.82. The number of hydrogen-bond acceptors (Lipinski definition) is 6. The van der Waals surface area contributed by atoms with Crippen LogP contribution in [0.4, 0.5) is 26.3 Å². The number of alkyl halides is 6. The number of carbonyl (C=O) groups is 3. The highest BCUT2D eigenvalue weighted by molar-refractivity contribution is 5.79. The minimum atomic E-state index is -5.87. The van der Waals surface area contributed by atoms with Gasteiger partial charge in [0.25, 0.3) is 6.10 Å². The van der Waals surface area contributed by atoms with E-state index >= 15 is 0 Å². The third-order valence-corrected chi connectivity index (χ3v) is 5.25. The second-order valence-corrected chi connectivity index (χ2v) is 7.77. The smallest absolute Gasteiger partial charge is 0.434 e. The van der Waals surface area contributed by atoms with Crippen LogP contribution in [-0.2, 0) is 28.6 Å². The highest BCUT2D eigenvalue weighted by atomic mass is 19.4. The topological polar surface area (TPSA) is 78.9 Å². The third-order valence-electron chi connectivity index (χ3n) is 5.25. The number of ether oxygens (including phenoxy) is 3. The molecule has 0 amide bonds. The highest BCUT2D eigenvalue weighted by Gasteiger charge is 2.62. The van der Waals surface area contributed by atoms with E-state index in [1.165, 1.54) is 0 Å². The maximum Gasteiger partial charge on any atom is 0.434 e. The molecule has 1 aliphatic carbocycles. The van der Waals surface area contributed by atoms with E-state index in [1.807, 2.05) is 0 Å². The van der Waals surface area contributed by atoms with Crippen LogP contribution in [0.25, 0.3) is 0 Å². The van der Waals surface area contributed by atoms with Crippen LogP contribution in [0.1, 0.15) is 40.0 Å². The molecule has 0 aromatic heterocycles. The molecule has 0 aromatic carbocycles. The van der Waals surface area contributed by atoms with Crippen LogP contribution in [0.15, 0.2) is 0 Å². The van der Waals surface area contributed by atoms with Crippen molar-refractivity contribution in [2.24, 2.45) is 17.3 Å². The quantitative estimate of drug-likeness (QED) is 0.375. The van der Waals surface area contributed by atoms with E-state index in [4.69, 9.17) is 9.47 Å². The van der Waals surface area contributed by atoms with Crippen LogP contribution in [0.2, 0.25) is 0 Å². The Morgan fingerprint density at radius 2 is 1.69 bits per heavy atom. The molecule has 4 unspecified atom stereocenters. The zero-order valence-electron chi connectivity index (χ0n) is 15.7. The first-order valence-corrected chi connectivity index (χ1v) is 8.82. The summed E-state index contributed by atoms with van der Waals surface area (Å²) in [6, 6.07) is 0. The fourth-order valence-corrected chi connectivity index (χ4v) is 3.20. The van der Waals surface area contributed by atoms with E-state index in [0.717, 1.165) is 0 Å². The van der Waals surface area contributed by atoms with Crippen LogP contribution in [0.5, 0.6) is 0 Å². The molecule has 0 N–H and O–H groups in total. The Morgan fingerprint density at radius 3 is 2.17 bits per heavy atom. The summed E-state index contributed by atoms with van der Waals surface area (Å²) in [5.74, 6) is -5.68. The van der Waals surface area contributed by atoms with Gasteiger partial charge in [0.1, 0.15) is 6.10 Å². The van der Waals surface area contributed by atoms with Gasteiger partial charge in [0.2, 0.25) is 0 Å². The fourth-order valence-electron chi connectivity index (χ4n) is 3.20. The zero-order valence-corrected chi connectivity index (χ0v) is 15.7. The molecule has 2 aliphatic rings. The number of carbonyl (C=O) groups excluding carboxylic acids is 3. The van der Waals surface area contributed by atoms with Crippen molar-refractivity contribution in [2.45, 2.75) is 70.7 Å². The largest absolute Gasteiger partial charge is 0.458 e. The standard InChI is InChI=1S/C17H20F6O6/c1-4-15(2,3)14(26)28-10-7-5-8(11(10)27-9(24)6-7)12(25)29-13(16(18,19)20)17(21,22)23/h7-8,10-11,13H,4-6H2,1-3H3. The van der Waals surface area contributed by atoms with Crippen LogP contribution in [-0.4, -0.2) is 48.6 Å². The average molecular weight is 434 g/mol. The molecule has 166 valence electrons. The summed E-state index contributed by atoms with van der Waals surface area (Å²) in [5.41, 5.74) is -0.922. The number of esters is 3. The molecule has 1 aliphatic heterocycles. The van der Waals surface area contributed by atoms with Gasteiger partial charge in [-0.25, -0.2) is 0 Å². The molecule has 29 heavy (non-hydrogen) atoms. The van der Waals surface area contributed by atoms with E-state index in [0.29, 0.717) is 6.42 Å². The normalized spacial score (nSPS) is 27.6. The van der Waals surface area contributed by atoms with Gasteiger partial charge in [0, 0.05) is 5.92 Å². The minimum Gasteiger partial charge on any atom is -0.458 e. The molecule has 0 aromatic rings. The van der Waals surface area contributed by atoms with Gasteiger partial charge < -0.3 is 14.2 Å². The summed E-state index contributed by atoms with van der Waals surface area (Å²) in [4.78, 5) is 36.1. The van der Waals surface area contributed by atoms with Gasteiger partial charge in [-0.2, -0.15) is 26.3 Å². The first-order chi connectivity index (χ1) is 13.1. The van der Waals surface area contributed by atoms with Gasteiger partial charge in [-0.05, 0) is 26.7 Å². The molecule has 2 rings (SSSR count). The molecule has 0 radical (unpaired) electrons. The lowest BCUT2D eigenvalue weighted by Gasteiger charge is -2.33. The van der Waals surface area contributed by atoms with Crippen molar-refractivity contribution in [3.8, 4) is 0 Å². The average Bonchev–Trinajstić information content (AvgIpc) is 2.77. The number of hydrogen-bond donors (Lipinski definition) is 0. The molecular weight excluding hydrogens is 414 g/mol. The van der Waals surface area contributed by atoms with Crippen LogP contribution < -0.4 is 0 Å². The minimum absolute atomic E-state index is 0.285. The summed E-state index contributed by atoms with van der Waals surface area (Å²) in [7, 11) is 0. The molecular formula is C17H20F6O6. The summed E-state index contributed by atoms with van der Waals surface area (Å²) in [6.07, 6.45) is -18.9. The predicted octanol–water partition coefficient (Wildman–Crippen LogP) is 3.32. The van der Waals surface area contributed by atoms with Gasteiger partial charge in [-0.1, -0.05) is 6.92 Å². The third kappa shape index (κ3) is 4.95. The van der Waals surface area contributed by atoms with Crippen molar-refractivity contribution in [3.63, 3.8) is 0 Å². The van der Waals surface area contributed by atoms with Crippen LogP contribution in [0, 0.1) is 17.3 Å². The van der Waals surface area contributed by atoms with Crippen molar-refractivity contribution in [1.29, 1.82) is 0 Å². The van der Waals surface area contributed by atoms with Crippen LogP contribution in [0.3, 0.4) is 0 Å². The monoisotopic (exact) mass is 434 g/mol. The van der Waals surface area contributed by atoms with Gasteiger partial charge in [-0.15, -0.1) is 0 Å². The Morgan fingerprint density at radius 1 is 1.14 bits per heavy atom. The van der Waals surface area contributed by atoms with Gasteiger partial charge in [0.05, 0.1) is 17.8 Å². The Bertz CT molecular complexity index is 656. The van der Waals surface area contributed by atoms with Gasteiger partial charge in [0.15, 0.2) is 6.10 Å². The van der Waals surface area contributed by atoms with Gasteiger partial charge in [-0.3, -0.25) is 14.4 Å². The van der Waals surface area contributed by atoms with Gasteiger partial charge >= 0.3 is 30.3 Å². The maximum atomic E-state index is 12.7. The summed E-state index contributed by atoms with van der Waals surface area (Å²) >= 11 is 0. The van der Waals surface area contributed by atoms with E-state index in [2.05, 4.69) is 4.74 Å². The highest BCUT2D eigenvalue weighted by Crippen LogP contribution is 2.45. The maximum absolute atomic E-state index is 12.7. The molecule has 1 saturated heterocycles. The van der Waals surface area contributed by atoms with Crippen molar-refractivity contribution >= 4 is 17.9 Å². The summed E-state index contributed by atoms with van der Waals surface area (Å²) < 4.78 is 90.0. The Kier molecular flexibility index (Phi) is 6.16. The second-order valence-electron chi connectivity index (χ2n) is 7.77. The molecule has 1 heterocycles.